The third-order valence-corrected chi connectivity index (χ3v) is 10.4. The van der Waals surface area contributed by atoms with Gasteiger partial charge in [0.2, 0.25) is 5.82 Å². The standard InChI is InChI=1S/C16H15FN4O5S.C15H17FN4O4S.Na.H2O/c17-9-3-1-8-2-4-12(11(8)5-9)21-14(19-25-16(21)24)13-15(20-26-18-13)27-7-10(23)6-22;16-9-3-1-8-2-4-12(11(8)5-9)17-14(18-23)13-15(20-24-19-13)25-7-10(22)6-21;;/h1,3,5,10,12,22-23H,2,4,6-7H2;1,3,5,10,12,21-23H,2,4,6-7H2,(H,17,18);;1H2/q;;+1;/p-1. The third kappa shape index (κ3) is 9.81. The van der Waals surface area contributed by atoms with Crippen LogP contribution in [0.3, 0.4) is 0 Å². The molecule has 4 unspecified atom stereocenters. The molecule has 5 aromatic rings. The minimum absolute atomic E-state index is 0. The van der Waals surface area contributed by atoms with E-state index in [-0.39, 0.29) is 93.9 Å². The Bertz CT molecular complexity index is 2080. The first-order valence-corrected chi connectivity index (χ1v) is 17.8. The summed E-state index contributed by atoms with van der Waals surface area (Å²) in [5, 5.41) is 65.6. The van der Waals surface area contributed by atoms with Crippen LogP contribution < -0.4 is 40.8 Å². The van der Waals surface area contributed by atoms with Crippen LogP contribution in [0.5, 0.6) is 0 Å². The average molecular weight is 803 g/mol. The molecule has 2 aliphatic carbocycles. The van der Waals surface area contributed by atoms with Crippen molar-refractivity contribution in [2.45, 2.75) is 60.0 Å². The van der Waals surface area contributed by atoms with E-state index in [0.717, 1.165) is 46.6 Å². The Balaban J connectivity index is 0.000000233. The second kappa shape index (κ2) is 19.9. The second-order valence-corrected chi connectivity index (χ2v) is 13.7. The largest absolute Gasteiger partial charge is 1.00 e. The molecule has 0 spiro atoms. The topological polar surface area (TPSA) is 281 Å². The zero-order valence-electron chi connectivity index (χ0n) is 28.4. The predicted molar refractivity (Wildman–Crippen MR) is 180 cm³/mol. The van der Waals surface area contributed by atoms with E-state index >= 15 is 0 Å². The van der Waals surface area contributed by atoms with E-state index in [4.69, 9.17) is 24.0 Å². The number of nitrogens with zero attached hydrogens (tertiary/aromatic N) is 7. The van der Waals surface area contributed by atoms with Gasteiger partial charge in [-0.1, -0.05) is 40.8 Å². The van der Waals surface area contributed by atoms with E-state index in [9.17, 15) is 29.0 Å². The van der Waals surface area contributed by atoms with Crippen LogP contribution in [0.4, 0.5) is 8.78 Å². The fourth-order valence-corrected chi connectivity index (χ4v) is 7.40. The monoisotopic (exact) mass is 802 g/mol. The summed E-state index contributed by atoms with van der Waals surface area (Å²) in [6.45, 7) is -0.774. The molecule has 7 rings (SSSR count). The van der Waals surface area contributed by atoms with Crippen molar-refractivity contribution in [3.8, 4) is 11.5 Å². The number of aryl methyl sites for hydroxylation is 2. The zero-order valence-corrected chi connectivity index (χ0v) is 32.1. The molecule has 3 heterocycles. The van der Waals surface area contributed by atoms with Crippen LogP contribution in [0.25, 0.3) is 11.5 Å². The molecular formula is C31H33F2N8NaO10S2. The first kappa shape index (κ1) is 43.2. The maximum Gasteiger partial charge on any atom is 1.00 e. The number of thioether (sulfide) groups is 2. The molecule has 3 aromatic heterocycles. The Morgan fingerprint density at radius 1 is 0.889 bits per heavy atom. The van der Waals surface area contributed by atoms with Crippen molar-refractivity contribution < 1.29 is 83.2 Å². The van der Waals surface area contributed by atoms with E-state index in [1.54, 1.807) is 12.1 Å². The smallest absolute Gasteiger partial charge is 0.870 e. The summed E-state index contributed by atoms with van der Waals surface area (Å²) in [5.74, 6) is -0.929. The molecule has 0 fully saturated rings. The number of benzene rings is 2. The fraction of sp³-hybridized carbons (Fsp3) is 0.387. The van der Waals surface area contributed by atoms with Crippen molar-refractivity contribution in [1.82, 2.24) is 35.8 Å². The number of fused-ring (bicyclic) bond motifs is 2. The minimum Gasteiger partial charge on any atom is -0.870 e. The molecule has 23 heteroatoms. The quantitative estimate of drug-likeness (QED) is 0.0287. The zero-order chi connectivity index (χ0) is 36.8. The summed E-state index contributed by atoms with van der Waals surface area (Å²) in [5.41, 5.74) is 5.80. The molecule has 4 atom stereocenters. The van der Waals surface area contributed by atoms with Gasteiger partial charge in [-0.05, 0) is 92.8 Å². The van der Waals surface area contributed by atoms with Gasteiger partial charge in [-0.2, -0.15) is 0 Å². The Kier molecular flexibility index (Phi) is 15.9. The molecule has 18 nitrogen and oxygen atoms in total. The first-order valence-electron chi connectivity index (χ1n) is 15.8. The molecule has 0 aliphatic heterocycles. The number of hydroxylamine groups is 1. The molecule has 0 saturated carbocycles. The Hall–Kier alpha value is -3.55. The summed E-state index contributed by atoms with van der Waals surface area (Å²) >= 11 is 2.20. The molecule has 54 heavy (non-hydrogen) atoms. The van der Waals surface area contributed by atoms with Crippen LogP contribution in [0, 0.1) is 11.6 Å². The van der Waals surface area contributed by atoms with Gasteiger partial charge in [0.25, 0.3) is 0 Å². The van der Waals surface area contributed by atoms with Gasteiger partial charge in [0.15, 0.2) is 27.3 Å². The number of amidine groups is 1. The number of aliphatic hydroxyl groups is 4. The normalized spacial score (nSPS) is 17.1. The number of hydrogen-bond donors (Lipinski definition) is 6. The van der Waals surface area contributed by atoms with Gasteiger partial charge < -0.3 is 25.9 Å². The molecule has 284 valence electrons. The summed E-state index contributed by atoms with van der Waals surface area (Å²) in [4.78, 5) is 16.8. The van der Waals surface area contributed by atoms with Crippen molar-refractivity contribution >= 4 is 29.4 Å². The summed E-state index contributed by atoms with van der Waals surface area (Å²) in [6, 6.07) is 8.34. The van der Waals surface area contributed by atoms with Gasteiger partial charge >= 0.3 is 35.3 Å². The van der Waals surface area contributed by atoms with Gasteiger partial charge in [0.1, 0.15) is 11.6 Å². The fourth-order valence-electron chi connectivity index (χ4n) is 5.78. The predicted octanol–water partition coefficient (Wildman–Crippen LogP) is -1.10. The molecule has 2 aromatic carbocycles. The Morgan fingerprint density at radius 2 is 1.48 bits per heavy atom. The summed E-state index contributed by atoms with van der Waals surface area (Å²) in [7, 11) is 0. The van der Waals surface area contributed by atoms with Crippen LogP contribution in [0.15, 0.2) is 70.0 Å². The van der Waals surface area contributed by atoms with Gasteiger partial charge in [-0.15, -0.1) is 0 Å². The minimum atomic E-state index is -0.941. The van der Waals surface area contributed by atoms with E-state index in [0.29, 0.717) is 34.9 Å². The number of halogens is 2. The van der Waals surface area contributed by atoms with E-state index in [1.807, 2.05) is 5.48 Å². The molecule has 0 amide bonds. The molecule has 2 aliphatic rings. The maximum absolute atomic E-state index is 13.7. The number of aromatic nitrogens is 6. The van der Waals surface area contributed by atoms with Crippen molar-refractivity contribution in [1.29, 1.82) is 0 Å². The Morgan fingerprint density at radius 3 is 2.15 bits per heavy atom. The van der Waals surface area contributed by atoms with Crippen molar-refractivity contribution in [3.63, 3.8) is 0 Å². The number of hydrogen-bond acceptors (Lipinski definition) is 18. The van der Waals surface area contributed by atoms with Crippen molar-refractivity contribution in [2.75, 3.05) is 24.7 Å². The third-order valence-electron chi connectivity index (χ3n) is 8.24. The van der Waals surface area contributed by atoms with Crippen LogP contribution in [-0.4, -0.2) is 104 Å². The number of aliphatic hydroxyl groups excluding tert-OH is 4. The molecule has 0 bridgehead atoms. The molecule has 0 saturated heterocycles. The van der Waals surface area contributed by atoms with Crippen LogP contribution in [-0.2, 0) is 12.8 Å². The average Bonchev–Trinajstić information content (AvgIpc) is 4.00. The Labute approximate surface area is 334 Å². The molecular weight excluding hydrogens is 770 g/mol. The summed E-state index contributed by atoms with van der Waals surface area (Å²) in [6.07, 6.45) is 0.873. The number of rotatable bonds is 12. The van der Waals surface area contributed by atoms with Crippen molar-refractivity contribution in [2.24, 2.45) is 4.99 Å². The molecule has 0 radical (unpaired) electrons. The SMILES string of the molecule is O=c1onc(-c2nonc2SCC(O)CO)n1C1CCc2ccc(F)cc21.OCC(O)CSc1nonc1C(=NC1CCc2ccc(F)cc21)NO.[Na+].[OH-]. The van der Waals surface area contributed by atoms with Crippen LogP contribution in [0.2, 0.25) is 0 Å². The van der Waals surface area contributed by atoms with Gasteiger partial charge in [0.05, 0.1) is 37.5 Å². The van der Waals surface area contributed by atoms with E-state index in [1.165, 1.54) is 28.8 Å². The van der Waals surface area contributed by atoms with Gasteiger partial charge in [-0.25, -0.2) is 27.4 Å². The van der Waals surface area contributed by atoms with E-state index in [2.05, 4.69) is 30.8 Å². The first-order chi connectivity index (χ1) is 25.2. The second-order valence-electron chi connectivity index (χ2n) is 11.7. The van der Waals surface area contributed by atoms with Crippen molar-refractivity contribution in [3.05, 3.63) is 86.5 Å². The maximum atomic E-state index is 13.7. The summed E-state index contributed by atoms with van der Waals surface area (Å²) < 4.78 is 42.8. The van der Waals surface area contributed by atoms with Gasteiger partial charge in [0, 0.05) is 11.5 Å². The number of aliphatic imine (C=N–C) groups is 1. The number of nitrogens with one attached hydrogen (secondary N) is 1. The van der Waals surface area contributed by atoms with Crippen LogP contribution >= 0.6 is 23.5 Å². The molecule has 7 N–H and O–H groups in total. The van der Waals surface area contributed by atoms with E-state index < -0.39 is 30.6 Å². The van der Waals surface area contributed by atoms with Gasteiger partial charge in [-0.3, -0.25) is 20.2 Å². The van der Waals surface area contributed by atoms with Crippen LogP contribution in [0.1, 0.15) is 52.9 Å².